The van der Waals surface area contributed by atoms with Gasteiger partial charge in [0.25, 0.3) is 0 Å². The summed E-state index contributed by atoms with van der Waals surface area (Å²) in [4.78, 5) is 37.0. The smallest absolute Gasteiger partial charge is 0.326 e. The van der Waals surface area contributed by atoms with Crippen LogP contribution in [-0.2, 0) is 25.5 Å². The van der Waals surface area contributed by atoms with Gasteiger partial charge in [0.2, 0.25) is 11.8 Å². The van der Waals surface area contributed by atoms with Crippen molar-refractivity contribution in [3.05, 3.63) is 35.9 Å². The van der Waals surface area contributed by atoms with E-state index in [1.54, 1.807) is 17.0 Å². The van der Waals surface area contributed by atoms with Crippen molar-refractivity contribution in [3.63, 3.8) is 0 Å². The molecule has 0 aromatic heterocycles. The SMILES string of the molecule is O=C(Cc1ccccc1)NC(CCC(=O)N1CCOCC1)C(=O)O. The molecule has 0 radical (unpaired) electrons. The molecule has 2 rings (SSSR count). The van der Waals surface area contributed by atoms with Gasteiger partial charge in [-0.3, -0.25) is 9.59 Å². The molecule has 0 saturated carbocycles. The average Bonchev–Trinajstić information content (AvgIpc) is 2.59. The summed E-state index contributed by atoms with van der Waals surface area (Å²) in [5, 5.41) is 11.7. The number of nitrogens with one attached hydrogen (secondary N) is 1. The zero-order valence-corrected chi connectivity index (χ0v) is 13.4. The fourth-order valence-corrected chi connectivity index (χ4v) is 2.52. The molecule has 130 valence electrons. The Bertz CT molecular complexity index is 570. The van der Waals surface area contributed by atoms with Crippen molar-refractivity contribution in [2.24, 2.45) is 0 Å². The largest absolute Gasteiger partial charge is 0.480 e. The van der Waals surface area contributed by atoms with Gasteiger partial charge in [-0.25, -0.2) is 4.79 Å². The van der Waals surface area contributed by atoms with Crippen molar-refractivity contribution >= 4 is 17.8 Å². The topological polar surface area (TPSA) is 95.9 Å². The maximum absolute atomic E-state index is 12.1. The van der Waals surface area contributed by atoms with Crippen molar-refractivity contribution < 1.29 is 24.2 Å². The monoisotopic (exact) mass is 334 g/mol. The number of carboxylic acids is 1. The second kappa shape index (κ2) is 9.02. The Morgan fingerprint density at radius 1 is 1.17 bits per heavy atom. The summed E-state index contributed by atoms with van der Waals surface area (Å²) in [5.74, 6) is -1.61. The number of rotatable bonds is 7. The van der Waals surface area contributed by atoms with Crippen LogP contribution in [0, 0.1) is 0 Å². The van der Waals surface area contributed by atoms with Gasteiger partial charge in [0.15, 0.2) is 0 Å². The summed E-state index contributed by atoms with van der Waals surface area (Å²) in [6.45, 7) is 2.05. The standard InChI is InChI=1S/C17H22N2O5/c20-15(12-13-4-2-1-3-5-13)18-14(17(22)23)6-7-16(21)19-8-10-24-11-9-19/h1-5,14H,6-12H2,(H,18,20)(H,22,23). The van der Waals surface area contributed by atoms with Crippen molar-refractivity contribution in [2.45, 2.75) is 25.3 Å². The molecule has 24 heavy (non-hydrogen) atoms. The van der Waals surface area contributed by atoms with E-state index >= 15 is 0 Å². The first-order valence-corrected chi connectivity index (χ1v) is 7.98. The number of ether oxygens (including phenoxy) is 1. The van der Waals surface area contributed by atoms with E-state index in [4.69, 9.17) is 4.74 Å². The molecule has 1 heterocycles. The number of hydrogen-bond acceptors (Lipinski definition) is 4. The Morgan fingerprint density at radius 3 is 2.46 bits per heavy atom. The second-order valence-electron chi connectivity index (χ2n) is 5.65. The van der Waals surface area contributed by atoms with Gasteiger partial charge in [-0.05, 0) is 12.0 Å². The number of carbonyl (C=O) groups excluding carboxylic acids is 2. The predicted molar refractivity (Wildman–Crippen MR) is 86.3 cm³/mol. The molecule has 0 aliphatic carbocycles. The van der Waals surface area contributed by atoms with Crippen LogP contribution in [0.25, 0.3) is 0 Å². The fraction of sp³-hybridized carbons (Fsp3) is 0.471. The number of aliphatic carboxylic acids is 1. The molecule has 1 unspecified atom stereocenters. The average molecular weight is 334 g/mol. The minimum atomic E-state index is -1.13. The lowest BCUT2D eigenvalue weighted by atomic mass is 10.1. The Hall–Kier alpha value is -2.41. The van der Waals surface area contributed by atoms with Gasteiger partial charge in [0.05, 0.1) is 19.6 Å². The minimum absolute atomic E-state index is 0.0754. The van der Waals surface area contributed by atoms with Gasteiger partial charge in [-0.2, -0.15) is 0 Å². The van der Waals surface area contributed by atoms with Gasteiger partial charge >= 0.3 is 5.97 Å². The minimum Gasteiger partial charge on any atom is -0.480 e. The molecule has 2 amide bonds. The molecule has 7 nitrogen and oxygen atoms in total. The zero-order valence-electron chi connectivity index (χ0n) is 13.4. The number of nitrogens with zero attached hydrogens (tertiary/aromatic N) is 1. The van der Waals surface area contributed by atoms with E-state index in [0.717, 1.165) is 5.56 Å². The van der Waals surface area contributed by atoms with Gasteiger partial charge < -0.3 is 20.1 Å². The maximum Gasteiger partial charge on any atom is 0.326 e. The first-order chi connectivity index (χ1) is 11.6. The van der Waals surface area contributed by atoms with Crippen LogP contribution in [0.15, 0.2) is 30.3 Å². The Morgan fingerprint density at radius 2 is 1.83 bits per heavy atom. The molecular weight excluding hydrogens is 312 g/mol. The number of amides is 2. The number of hydrogen-bond donors (Lipinski definition) is 2. The molecule has 1 saturated heterocycles. The van der Waals surface area contributed by atoms with Crippen LogP contribution < -0.4 is 5.32 Å². The highest BCUT2D eigenvalue weighted by atomic mass is 16.5. The molecule has 0 spiro atoms. The molecule has 1 aliphatic rings. The highest BCUT2D eigenvalue weighted by Gasteiger charge is 2.23. The predicted octanol–water partition coefficient (Wildman–Crippen LogP) is 0.438. The normalized spacial score (nSPS) is 15.6. The number of morpholine rings is 1. The Kier molecular flexibility index (Phi) is 6.74. The van der Waals surface area contributed by atoms with Crippen LogP contribution in [0.1, 0.15) is 18.4 Å². The van der Waals surface area contributed by atoms with Crippen molar-refractivity contribution in [3.8, 4) is 0 Å². The molecule has 7 heteroatoms. The lowest BCUT2D eigenvalue weighted by molar-refractivity contribution is -0.142. The lowest BCUT2D eigenvalue weighted by Gasteiger charge is -2.27. The molecule has 1 atom stereocenters. The third-order valence-corrected chi connectivity index (χ3v) is 3.85. The summed E-state index contributed by atoms with van der Waals surface area (Å²) < 4.78 is 5.18. The third kappa shape index (κ3) is 5.66. The van der Waals surface area contributed by atoms with Crippen molar-refractivity contribution in [2.75, 3.05) is 26.3 Å². The van der Waals surface area contributed by atoms with E-state index in [1.807, 2.05) is 18.2 Å². The zero-order chi connectivity index (χ0) is 17.4. The first kappa shape index (κ1) is 17.9. The summed E-state index contributed by atoms with van der Waals surface area (Å²) in [7, 11) is 0. The lowest BCUT2D eigenvalue weighted by Crippen LogP contribution is -2.44. The van der Waals surface area contributed by atoms with Crippen molar-refractivity contribution in [1.82, 2.24) is 10.2 Å². The quantitative estimate of drug-likeness (QED) is 0.754. The van der Waals surface area contributed by atoms with Crippen LogP contribution in [0.5, 0.6) is 0 Å². The number of carboxylic acid groups (broad SMARTS) is 1. The summed E-state index contributed by atoms with van der Waals surface area (Å²) in [6, 6.07) is 8.02. The van der Waals surface area contributed by atoms with Gasteiger partial charge in [0, 0.05) is 19.5 Å². The third-order valence-electron chi connectivity index (χ3n) is 3.85. The van der Waals surface area contributed by atoms with E-state index in [1.165, 1.54) is 0 Å². The molecule has 1 aromatic carbocycles. The highest BCUT2D eigenvalue weighted by molar-refractivity contribution is 5.85. The molecule has 1 fully saturated rings. The van der Waals surface area contributed by atoms with Gasteiger partial charge in [-0.15, -0.1) is 0 Å². The number of carbonyl (C=O) groups is 3. The van der Waals surface area contributed by atoms with Gasteiger partial charge in [-0.1, -0.05) is 30.3 Å². The van der Waals surface area contributed by atoms with Crippen LogP contribution >= 0.6 is 0 Å². The summed E-state index contributed by atoms with van der Waals surface area (Å²) >= 11 is 0. The molecule has 1 aromatic rings. The number of benzene rings is 1. The Balaban J connectivity index is 1.81. The van der Waals surface area contributed by atoms with E-state index in [9.17, 15) is 19.5 Å². The van der Waals surface area contributed by atoms with Crippen LogP contribution in [0.2, 0.25) is 0 Å². The van der Waals surface area contributed by atoms with Crippen LogP contribution in [0.4, 0.5) is 0 Å². The van der Waals surface area contributed by atoms with E-state index < -0.39 is 12.0 Å². The van der Waals surface area contributed by atoms with Crippen molar-refractivity contribution in [1.29, 1.82) is 0 Å². The summed E-state index contributed by atoms with van der Waals surface area (Å²) in [6.07, 6.45) is 0.274. The fourth-order valence-electron chi connectivity index (χ4n) is 2.52. The first-order valence-electron chi connectivity index (χ1n) is 7.98. The molecule has 2 N–H and O–H groups in total. The molecular formula is C17H22N2O5. The summed E-state index contributed by atoms with van der Waals surface area (Å²) in [5.41, 5.74) is 0.809. The van der Waals surface area contributed by atoms with Gasteiger partial charge in [0.1, 0.15) is 6.04 Å². The molecule has 0 bridgehead atoms. The highest BCUT2D eigenvalue weighted by Crippen LogP contribution is 2.06. The Labute approximate surface area is 140 Å². The van der Waals surface area contributed by atoms with E-state index in [0.29, 0.717) is 26.3 Å². The van der Waals surface area contributed by atoms with Crippen LogP contribution in [-0.4, -0.2) is 60.1 Å². The maximum atomic E-state index is 12.1. The van der Waals surface area contributed by atoms with E-state index in [2.05, 4.69) is 5.32 Å². The van der Waals surface area contributed by atoms with E-state index in [-0.39, 0.29) is 31.1 Å². The molecule has 1 aliphatic heterocycles. The van der Waals surface area contributed by atoms with Crippen LogP contribution in [0.3, 0.4) is 0 Å². The second-order valence-corrected chi connectivity index (χ2v) is 5.65.